The van der Waals surface area contributed by atoms with E-state index in [0.717, 1.165) is 5.56 Å². The van der Waals surface area contributed by atoms with Crippen molar-refractivity contribution in [2.75, 3.05) is 13.1 Å². The van der Waals surface area contributed by atoms with Gasteiger partial charge < -0.3 is 15.4 Å². The topological polar surface area (TPSA) is 79.5 Å². The molecular formula is C13H15F2N3O3. The Labute approximate surface area is 119 Å². The van der Waals surface area contributed by atoms with Crippen molar-refractivity contribution in [1.82, 2.24) is 16.0 Å². The summed E-state index contributed by atoms with van der Waals surface area (Å²) in [6, 6.07) is 5.53. The molecule has 0 bridgehead atoms. The summed E-state index contributed by atoms with van der Waals surface area (Å²) in [6.07, 6.45) is 0. The highest BCUT2D eigenvalue weighted by atomic mass is 19.3. The van der Waals surface area contributed by atoms with Crippen molar-refractivity contribution in [2.24, 2.45) is 0 Å². The van der Waals surface area contributed by atoms with Gasteiger partial charge in [-0.3, -0.25) is 14.9 Å². The van der Waals surface area contributed by atoms with E-state index in [-0.39, 0.29) is 37.2 Å². The summed E-state index contributed by atoms with van der Waals surface area (Å²) in [6.45, 7) is -2.24. The minimum atomic E-state index is -2.86. The molecular weight excluding hydrogens is 284 g/mol. The third-order valence-electron chi connectivity index (χ3n) is 2.94. The summed E-state index contributed by atoms with van der Waals surface area (Å²) in [5, 5.41) is 8.10. The molecule has 1 aliphatic heterocycles. The predicted octanol–water partition coefficient (Wildman–Crippen LogP) is -0.00780. The molecule has 1 fully saturated rings. The minimum Gasteiger partial charge on any atom is -0.435 e. The SMILES string of the molecule is O=C1CNC(C(=O)NCc2ccc(OC(F)F)cc2)CN1. The number of nitrogens with one attached hydrogen (secondary N) is 3. The molecule has 1 saturated heterocycles. The number of hydrogen-bond acceptors (Lipinski definition) is 4. The van der Waals surface area contributed by atoms with Crippen LogP contribution in [-0.4, -0.2) is 37.6 Å². The van der Waals surface area contributed by atoms with Crippen molar-refractivity contribution in [1.29, 1.82) is 0 Å². The Morgan fingerprint density at radius 1 is 1.38 bits per heavy atom. The van der Waals surface area contributed by atoms with Gasteiger partial charge in [0.15, 0.2) is 0 Å². The molecule has 1 unspecified atom stereocenters. The fourth-order valence-corrected chi connectivity index (χ4v) is 1.85. The fourth-order valence-electron chi connectivity index (χ4n) is 1.85. The van der Waals surface area contributed by atoms with E-state index in [1.54, 1.807) is 12.1 Å². The second-order valence-electron chi connectivity index (χ2n) is 4.48. The highest BCUT2D eigenvalue weighted by molar-refractivity contribution is 5.86. The summed E-state index contributed by atoms with van der Waals surface area (Å²) in [4.78, 5) is 22.8. The number of piperazine rings is 1. The fraction of sp³-hybridized carbons (Fsp3) is 0.385. The maximum absolute atomic E-state index is 12.0. The lowest BCUT2D eigenvalue weighted by Crippen LogP contribution is -2.57. The minimum absolute atomic E-state index is 0.0664. The number of benzene rings is 1. The standard InChI is InChI=1S/C13H15F2N3O3/c14-13(15)21-9-3-1-8(2-4-9)5-18-12(20)10-6-17-11(19)7-16-10/h1-4,10,13,16H,5-7H2,(H,17,19)(H,18,20). The highest BCUT2D eigenvalue weighted by Gasteiger charge is 2.23. The molecule has 21 heavy (non-hydrogen) atoms. The number of amides is 2. The van der Waals surface area contributed by atoms with Crippen LogP contribution in [0.3, 0.4) is 0 Å². The molecule has 3 N–H and O–H groups in total. The van der Waals surface area contributed by atoms with Gasteiger partial charge in [-0.25, -0.2) is 0 Å². The Bertz CT molecular complexity index is 498. The van der Waals surface area contributed by atoms with Crippen LogP contribution in [-0.2, 0) is 16.1 Å². The number of hydrogen-bond donors (Lipinski definition) is 3. The molecule has 114 valence electrons. The summed E-state index contributed by atoms with van der Waals surface area (Å²) < 4.78 is 28.2. The van der Waals surface area contributed by atoms with Crippen molar-refractivity contribution in [2.45, 2.75) is 19.2 Å². The molecule has 0 aliphatic carbocycles. The zero-order chi connectivity index (χ0) is 15.2. The van der Waals surface area contributed by atoms with Crippen molar-refractivity contribution < 1.29 is 23.1 Å². The van der Waals surface area contributed by atoms with Crippen LogP contribution in [0, 0.1) is 0 Å². The van der Waals surface area contributed by atoms with Crippen molar-refractivity contribution in [3.05, 3.63) is 29.8 Å². The number of carbonyl (C=O) groups is 2. The maximum atomic E-state index is 12.0. The molecule has 2 rings (SSSR count). The molecule has 0 radical (unpaired) electrons. The lowest BCUT2D eigenvalue weighted by molar-refractivity contribution is -0.126. The van der Waals surface area contributed by atoms with Crippen LogP contribution >= 0.6 is 0 Å². The molecule has 0 spiro atoms. The molecule has 0 aromatic heterocycles. The number of alkyl halides is 2. The van der Waals surface area contributed by atoms with Gasteiger partial charge in [0.05, 0.1) is 6.54 Å². The number of carbonyl (C=O) groups excluding carboxylic acids is 2. The van der Waals surface area contributed by atoms with Crippen LogP contribution in [0.15, 0.2) is 24.3 Å². The zero-order valence-corrected chi connectivity index (χ0v) is 11.1. The molecule has 1 aliphatic rings. The van der Waals surface area contributed by atoms with Crippen molar-refractivity contribution in [3.63, 3.8) is 0 Å². The first-order chi connectivity index (χ1) is 10.0. The molecule has 1 aromatic carbocycles. The van der Waals surface area contributed by atoms with Crippen LogP contribution in [0.2, 0.25) is 0 Å². The molecule has 6 nitrogen and oxygen atoms in total. The van der Waals surface area contributed by atoms with Gasteiger partial charge in [-0.1, -0.05) is 12.1 Å². The van der Waals surface area contributed by atoms with E-state index in [4.69, 9.17) is 0 Å². The molecule has 8 heteroatoms. The number of halogens is 2. The second kappa shape index (κ2) is 6.98. The summed E-state index contributed by atoms with van der Waals surface area (Å²) >= 11 is 0. The largest absolute Gasteiger partial charge is 0.435 e. The van der Waals surface area contributed by atoms with Gasteiger partial charge in [0.2, 0.25) is 11.8 Å². The third-order valence-corrected chi connectivity index (χ3v) is 2.94. The summed E-state index contributed by atoms with van der Waals surface area (Å²) in [7, 11) is 0. The normalized spacial score (nSPS) is 18.2. The number of ether oxygens (including phenoxy) is 1. The first-order valence-electron chi connectivity index (χ1n) is 6.36. The molecule has 2 amide bonds. The van der Waals surface area contributed by atoms with Crippen LogP contribution in [0.25, 0.3) is 0 Å². The quantitative estimate of drug-likeness (QED) is 0.714. The first-order valence-corrected chi connectivity index (χ1v) is 6.36. The van der Waals surface area contributed by atoms with Gasteiger partial charge in [0.25, 0.3) is 0 Å². The van der Waals surface area contributed by atoms with E-state index in [1.165, 1.54) is 12.1 Å². The van der Waals surface area contributed by atoms with Crippen molar-refractivity contribution >= 4 is 11.8 Å². The van der Waals surface area contributed by atoms with E-state index in [1.807, 2.05) is 0 Å². The Balaban J connectivity index is 1.79. The van der Waals surface area contributed by atoms with Gasteiger partial charge in [0.1, 0.15) is 11.8 Å². The average molecular weight is 299 g/mol. The first kappa shape index (κ1) is 15.2. The van der Waals surface area contributed by atoms with E-state index in [9.17, 15) is 18.4 Å². The number of rotatable bonds is 5. The maximum Gasteiger partial charge on any atom is 0.387 e. The predicted molar refractivity (Wildman–Crippen MR) is 69.7 cm³/mol. The third kappa shape index (κ3) is 4.67. The van der Waals surface area contributed by atoms with Gasteiger partial charge in [-0.15, -0.1) is 0 Å². The summed E-state index contributed by atoms with van der Waals surface area (Å²) in [5.74, 6) is -0.312. The monoisotopic (exact) mass is 299 g/mol. The van der Waals surface area contributed by atoms with Crippen LogP contribution in [0.4, 0.5) is 8.78 Å². The van der Waals surface area contributed by atoms with Gasteiger partial charge in [0, 0.05) is 13.1 Å². The van der Waals surface area contributed by atoms with Crippen LogP contribution in [0.5, 0.6) is 5.75 Å². The van der Waals surface area contributed by atoms with Crippen LogP contribution in [0.1, 0.15) is 5.56 Å². The highest BCUT2D eigenvalue weighted by Crippen LogP contribution is 2.14. The zero-order valence-electron chi connectivity index (χ0n) is 11.1. The molecule has 1 heterocycles. The average Bonchev–Trinajstić information content (AvgIpc) is 2.46. The van der Waals surface area contributed by atoms with Gasteiger partial charge in [-0.05, 0) is 17.7 Å². The Hall–Kier alpha value is -2.22. The lowest BCUT2D eigenvalue weighted by atomic mass is 10.2. The Morgan fingerprint density at radius 3 is 2.67 bits per heavy atom. The van der Waals surface area contributed by atoms with E-state index in [0.29, 0.717) is 0 Å². The van der Waals surface area contributed by atoms with Crippen LogP contribution < -0.4 is 20.7 Å². The molecule has 1 aromatic rings. The van der Waals surface area contributed by atoms with Gasteiger partial charge >= 0.3 is 6.61 Å². The second-order valence-corrected chi connectivity index (χ2v) is 4.48. The summed E-state index contributed by atoms with van der Waals surface area (Å²) in [5.41, 5.74) is 0.754. The van der Waals surface area contributed by atoms with E-state index < -0.39 is 12.7 Å². The van der Waals surface area contributed by atoms with E-state index in [2.05, 4.69) is 20.7 Å². The Morgan fingerprint density at radius 2 is 2.10 bits per heavy atom. The van der Waals surface area contributed by atoms with E-state index >= 15 is 0 Å². The Kier molecular flexibility index (Phi) is 5.04. The van der Waals surface area contributed by atoms with Gasteiger partial charge in [-0.2, -0.15) is 8.78 Å². The van der Waals surface area contributed by atoms with Crippen molar-refractivity contribution in [3.8, 4) is 5.75 Å². The molecule has 1 atom stereocenters. The molecule has 0 saturated carbocycles. The smallest absolute Gasteiger partial charge is 0.387 e. The lowest BCUT2D eigenvalue weighted by Gasteiger charge is -2.23.